The number of fused-ring (bicyclic) bond motifs is 1. The van der Waals surface area contributed by atoms with Crippen LogP contribution in [-0.4, -0.2) is 19.6 Å². The van der Waals surface area contributed by atoms with E-state index in [1.54, 1.807) is 0 Å². The number of imidazole rings is 1. The van der Waals surface area contributed by atoms with Gasteiger partial charge in [0.15, 0.2) is 0 Å². The smallest absolute Gasteiger partial charge is 0.148 e. The van der Waals surface area contributed by atoms with E-state index in [0.717, 1.165) is 89.2 Å². The summed E-state index contributed by atoms with van der Waals surface area (Å²) in [4.78, 5) is 10.5. The number of hydrogen-bond donors (Lipinski definition) is 1. The van der Waals surface area contributed by atoms with Crippen molar-refractivity contribution >= 4 is 11.0 Å². The molecule has 2 aromatic heterocycles. The molecule has 4 nitrogen and oxygen atoms in total. The normalized spacial score (nSPS) is 11.7. The standard InChI is InChI=1S/C62H52N3O.Pt/c1-61(2,3)49-39-53(59(66)54(40-49)62(4,5)6)60-64-57-50(26-19-30-56(57)65(60)58-51(44-22-12-8-13-23-44)27-18-28-52(58)45-24-14-9-15-25-45)47-36-46(37-48(38-47)55-29-16-17-35-63-55)43-33-31-42(32-34-43)41-20-10-7-11-21-41;/h7-37,39-40,66H,1-6H3;/q-1;. The van der Waals surface area contributed by atoms with Crippen molar-refractivity contribution in [2.24, 2.45) is 0 Å². The van der Waals surface area contributed by atoms with E-state index in [-0.39, 0.29) is 37.6 Å². The molecule has 332 valence electrons. The van der Waals surface area contributed by atoms with Crippen LogP contribution in [-0.2, 0) is 31.9 Å². The Labute approximate surface area is 409 Å². The molecular formula is C62H52N3OPt-. The van der Waals surface area contributed by atoms with Crippen molar-refractivity contribution in [3.05, 3.63) is 218 Å². The average molecular weight is 1050 g/mol. The predicted molar refractivity (Wildman–Crippen MR) is 275 cm³/mol. The third kappa shape index (κ3) is 8.83. The molecule has 10 aromatic rings. The minimum atomic E-state index is -0.351. The third-order valence-electron chi connectivity index (χ3n) is 12.6. The Kier molecular flexibility index (Phi) is 12.3. The van der Waals surface area contributed by atoms with Gasteiger partial charge in [0.1, 0.15) is 11.6 Å². The molecule has 0 spiro atoms. The number of para-hydroxylation sites is 2. The van der Waals surface area contributed by atoms with Gasteiger partial charge in [-0.3, -0.25) is 9.55 Å². The minimum Gasteiger partial charge on any atom is -0.507 e. The van der Waals surface area contributed by atoms with Crippen molar-refractivity contribution in [2.45, 2.75) is 52.4 Å². The van der Waals surface area contributed by atoms with Gasteiger partial charge in [-0.2, -0.15) is 0 Å². The van der Waals surface area contributed by atoms with E-state index < -0.39 is 0 Å². The van der Waals surface area contributed by atoms with Crippen LogP contribution in [0.2, 0.25) is 0 Å². The fourth-order valence-corrected chi connectivity index (χ4v) is 9.05. The van der Waals surface area contributed by atoms with Crippen molar-refractivity contribution in [3.63, 3.8) is 0 Å². The van der Waals surface area contributed by atoms with Gasteiger partial charge in [-0.25, -0.2) is 4.98 Å². The Hall–Kier alpha value is -7.13. The number of benzene rings is 8. The zero-order valence-electron chi connectivity index (χ0n) is 38.7. The Morgan fingerprint density at radius 2 is 0.985 bits per heavy atom. The molecule has 0 aliphatic heterocycles. The first-order valence-corrected chi connectivity index (χ1v) is 22.7. The van der Waals surface area contributed by atoms with Crippen LogP contribution < -0.4 is 0 Å². The molecule has 1 N–H and O–H groups in total. The molecule has 0 fully saturated rings. The van der Waals surface area contributed by atoms with E-state index in [0.29, 0.717) is 11.4 Å². The average Bonchev–Trinajstić information content (AvgIpc) is 3.73. The quantitative estimate of drug-likeness (QED) is 0.154. The van der Waals surface area contributed by atoms with Gasteiger partial charge >= 0.3 is 0 Å². The zero-order chi connectivity index (χ0) is 45.6. The number of phenols is 1. The summed E-state index contributed by atoms with van der Waals surface area (Å²) in [5.41, 5.74) is 17.1. The number of phenolic OH excluding ortho intramolecular Hbond substituents is 1. The Morgan fingerprint density at radius 3 is 1.55 bits per heavy atom. The molecule has 0 bridgehead atoms. The van der Waals surface area contributed by atoms with E-state index in [1.165, 1.54) is 5.56 Å². The summed E-state index contributed by atoms with van der Waals surface area (Å²) in [6.07, 6.45) is 1.83. The minimum absolute atomic E-state index is 0. The van der Waals surface area contributed by atoms with Crippen molar-refractivity contribution in [2.75, 3.05) is 0 Å². The summed E-state index contributed by atoms with van der Waals surface area (Å²) in [5.74, 6) is 0.890. The van der Waals surface area contributed by atoms with E-state index >= 15 is 0 Å². The van der Waals surface area contributed by atoms with Crippen LogP contribution in [0.15, 0.2) is 200 Å². The Morgan fingerprint density at radius 1 is 0.463 bits per heavy atom. The first-order chi connectivity index (χ1) is 31.9. The van der Waals surface area contributed by atoms with Gasteiger partial charge in [-0.05, 0) is 62.4 Å². The second-order valence-corrected chi connectivity index (χ2v) is 19.2. The van der Waals surface area contributed by atoms with Crippen LogP contribution in [0.1, 0.15) is 52.7 Å². The largest absolute Gasteiger partial charge is 0.507 e. The molecule has 0 aliphatic carbocycles. The molecule has 67 heavy (non-hydrogen) atoms. The molecule has 10 rings (SSSR count). The molecule has 0 aliphatic rings. The zero-order valence-corrected chi connectivity index (χ0v) is 40.9. The summed E-state index contributed by atoms with van der Waals surface area (Å²) in [7, 11) is 0. The molecule has 5 heteroatoms. The van der Waals surface area contributed by atoms with Gasteiger partial charge in [0.05, 0.1) is 22.3 Å². The molecule has 0 amide bonds. The second-order valence-electron chi connectivity index (χ2n) is 19.2. The van der Waals surface area contributed by atoms with Crippen LogP contribution in [0.25, 0.3) is 95.0 Å². The number of aromatic hydroxyl groups is 1. The predicted octanol–water partition coefficient (Wildman–Crippen LogP) is 16.2. The molecular weight excluding hydrogens is 998 g/mol. The van der Waals surface area contributed by atoms with E-state index in [4.69, 9.17) is 9.97 Å². The van der Waals surface area contributed by atoms with Gasteiger partial charge in [0.25, 0.3) is 0 Å². The second kappa shape index (κ2) is 18.3. The molecule has 0 saturated heterocycles. The molecule has 0 unspecified atom stereocenters. The summed E-state index contributed by atoms with van der Waals surface area (Å²) < 4.78 is 2.29. The number of pyridine rings is 1. The number of aromatic nitrogens is 3. The van der Waals surface area contributed by atoms with E-state index in [9.17, 15) is 5.11 Å². The topological polar surface area (TPSA) is 50.9 Å². The summed E-state index contributed by atoms with van der Waals surface area (Å²) in [6, 6.07) is 71.9. The van der Waals surface area contributed by atoms with Gasteiger partial charge < -0.3 is 5.11 Å². The molecule has 0 radical (unpaired) electrons. The van der Waals surface area contributed by atoms with Crippen LogP contribution >= 0.6 is 0 Å². The van der Waals surface area contributed by atoms with Gasteiger partial charge in [0.2, 0.25) is 0 Å². The Balaban J connectivity index is 0.00000562. The van der Waals surface area contributed by atoms with Crippen LogP contribution in [0, 0.1) is 6.07 Å². The fraction of sp³-hybridized carbons (Fsp3) is 0.129. The fourth-order valence-electron chi connectivity index (χ4n) is 9.05. The van der Waals surface area contributed by atoms with Crippen LogP contribution in [0.5, 0.6) is 5.75 Å². The van der Waals surface area contributed by atoms with Crippen LogP contribution in [0.4, 0.5) is 0 Å². The van der Waals surface area contributed by atoms with E-state index in [2.05, 4.69) is 222 Å². The molecule has 0 atom stereocenters. The van der Waals surface area contributed by atoms with Crippen molar-refractivity contribution < 1.29 is 26.2 Å². The molecule has 0 saturated carbocycles. The summed E-state index contributed by atoms with van der Waals surface area (Å²) in [6.45, 7) is 13.2. The van der Waals surface area contributed by atoms with E-state index in [1.807, 2.05) is 30.5 Å². The number of nitrogens with zero attached hydrogens (tertiary/aromatic N) is 3. The molecule has 2 heterocycles. The van der Waals surface area contributed by atoms with Crippen molar-refractivity contribution in [1.82, 2.24) is 14.5 Å². The van der Waals surface area contributed by atoms with Crippen molar-refractivity contribution in [1.29, 1.82) is 0 Å². The van der Waals surface area contributed by atoms with Gasteiger partial charge in [-0.1, -0.05) is 222 Å². The number of hydrogen-bond acceptors (Lipinski definition) is 3. The maximum Gasteiger partial charge on any atom is 0.148 e. The summed E-state index contributed by atoms with van der Waals surface area (Å²) >= 11 is 0. The van der Waals surface area contributed by atoms with Gasteiger partial charge in [-0.15, -0.1) is 23.8 Å². The monoisotopic (exact) mass is 1050 g/mol. The van der Waals surface area contributed by atoms with Crippen molar-refractivity contribution in [3.8, 4) is 89.7 Å². The van der Waals surface area contributed by atoms with Gasteiger partial charge in [0, 0.05) is 49.6 Å². The summed E-state index contributed by atoms with van der Waals surface area (Å²) in [5, 5.41) is 12.7. The first kappa shape index (κ1) is 45.0. The number of rotatable bonds is 8. The maximum atomic E-state index is 12.7. The maximum absolute atomic E-state index is 12.7. The first-order valence-electron chi connectivity index (χ1n) is 22.7. The Bertz CT molecular complexity index is 3290. The SMILES string of the molecule is CC(C)(C)c1cc(-c2nc3c(-c4[c-]c(-c5ccccn5)cc(-c5ccc(-c6ccccc6)cc5)c4)cccc3n2-c2c(-c3ccccc3)cccc2-c2ccccc2)c(O)c(C(C)(C)C)c1.[Pt]. The molecule has 8 aromatic carbocycles. The van der Waals surface area contributed by atoms with Crippen LogP contribution in [0.3, 0.4) is 0 Å². The third-order valence-corrected chi connectivity index (χ3v) is 12.6.